The summed E-state index contributed by atoms with van der Waals surface area (Å²) in [5.74, 6) is -0.380. The molecule has 1 atom stereocenters. The summed E-state index contributed by atoms with van der Waals surface area (Å²) in [5, 5.41) is 20.9. The van der Waals surface area contributed by atoms with Crippen LogP contribution in [0.25, 0.3) is 0 Å². The first-order valence-electron chi connectivity index (χ1n) is 5.30. The molecule has 0 fully saturated rings. The smallest absolute Gasteiger partial charge is 0.337 e. The fourth-order valence-corrected chi connectivity index (χ4v) is 1.40. The number of carbonyl (C=O) groups is 1. The lowest BCUT2D eigenvalue weighted by Crippen LogP contribution is -2.23. The van der Waals surface area contributed by atoms with Crippen molar-refractivity contribution >= 4 is 11.7 Å². The summed E-state index contributed by atoms with van der Waals surface area (Å²) in [4.78, 5) is 11.3. The molecular formula is C12H17NO4. The number of anilines is 1. The first-order chi connectivity index (χ1) is 8.08. The molecule has 1 aromatic rings. The lowest BCUT2D eigenvalue weighted by Gasteiger charge is -2.13. The number of carbonyl (C=O) groups excluding carboxylic acids is 1. The Morgan fingerprint density at radius 2 is 2.24 bits per heavy atom. The Kier molecular flexibility index (Phi) is 4.93. The molecule has 94 valence electrons. The molecule has 3 N–H and O–H groups in total. The van der Waals surface area contributed by atoms with E-state index in [2.05, 4.69) is 10.1 Å². The largest absolute Gasteiger partial charge is 0.465 e. The van der Waals surface area contributed by atoms with Gasteiger partial charge in [0.05, 0.1) is 25.4 Å². The van der Waals surface area contributed by atoms with Crippen molar-refractivity contribution in [2.24, 2.45) is 0 Å². The van der Waals surface area contributed by atoms with E-state index in [1.165, 1.54) is 7.11 Å². The molecule has 5 nitrogen and oxygen atoms in total. The zero-order chi connectivity index (χ0) is 12.8. The topological polar surface area (TPSA) is 78.8 Å². The monoisotopic (exact) mass is 239 g/mol. The van der Waals surface area contributed by atoms with Crippen molar-refractivity contribution in [3.63, 3.8) is 0 Å². The van der Waals surface area contributed by atoms with Gasteiger partial charge in [0.15, 0.2) is 0 Å². The number of hydrogen-bond acceptors (Lipinski definition) is 5. The minimum atomic E-state index is -0.797. The van der Waals surface area contributed by atoms with E-state index in [0.29, 0.717) is 5.56 Å². The van der Waals surface area contributed by atoms with E-state index in [4.69, 9.17) is 5.11 Å². The molecule has 0 aliphatic rings. The molecule has 0 aliphatic carbocycles. The van der Waals surface area contributed by atoms with Gasteiger partial charge in [-0.2, -0.15) is 0 Å². The summed E-state index contributed by atoms with van der Waals surface area (Å²) in [6.07, 6.45) is -0.797. The van der Waals surface area contributed by atoms with Crippen LogP contribution >= 0.6 is 0 Å². The van der Waals surface area contributed by atoms with Gasteiger partial charge in [0, 0.05) is 12.2 Å². The summed E-state index contributed by atoms with van der Waals surface area (Å²) in [6, 6.07) is 5.09. The molecule has 17 heavy (non-hydrogen) atoms. The molecule has 1 aromatic carbocycles. The zero-order valence-electron chi connectivity index (χ0n) is 9.93. The number of nitrogens with one attached hydrogen (secondary N) is 1. The summed E-state index contributed by atoms with van der Waals surface area (Å²) < 4.78 is 4.61. The molecular weight excluding hydrogens is 222 g/mol. The molecule has 0 heterocycles. The molecule has 5 heteroatoms. The van der Waals surface area contributed by atoms with Gasteiger partial charge in [0.1, 0.15) is 0 Å². The van der Waals surface area contributed by atoms with Gasteiger partial charge in [-0.3, -0.25) is 0 Å². The third-order valence-corrected chi connectivity index (χ3v) is 2.39. The van der Waals surface area contributed by atoms with E-state index in [1.54, 1.807) is 18.2 Å². The lowest BCUT2D eigenvalue weighted by molar-refractivity contribution is 0.0600. The molecule has 1 rings (SSSR count). The predicted octanol–water partition coefficient (Wildman–Crippen LogP) is 0.547. The number of rotatable bonds is 5. The number of benzene rings is 1. The maximum atomic E-state index is 11.3. The van der Waals surface area contributed by atoms with Gasteiger partial charge in [0.25, 0.3) is 0 Å². The van der Waals surface area contributed by atoms with Crippen LogP contribution in [-0.4, -0.2) is 42.5 Å². The number of esters is 1. The molecule has 0 aromatic heterocycles. The van der Waals surface area contributed by atoms with Crippen LogP contribution in [0.2, 0.25) is 0 Å². The van der Waals surface area contributed by atoms with E-state index >= 15 is 0 Å². The van der Waals surface area contributed by atoms with Crippen molar-refractivity contribution in [3.8, 4) is 0 Å². The first kappa shape index (κ1) is 13.5. The highest BCUT2D eigenvalue weighted by molar-refractivity contribution is 5.90. The fourth-order valence-electron chi connectivity index (χ4n) is 1.40. The summed E-state index contributed by atoms with van der Waals surface area (Å²) in [6.45, 7) is 1.82. The van der Waals surface area contributed by atoms with Crippen molar-refractivity contribution in [1.29, 1.82) is 0 Å². The van der Waals surface area contributed by atoms with Gasteiger partial charge in [-0.25, -0.2) is 4.79 Å². The van der Waals surface area contributed by atoms with Crippen molar-refractivity contribution in [2.45, 2.75) is 13.0 Å². The van der Waals surface area contributed by atoms with E-state index in [9.17, 15) is 9.90 Å². The van der Waals surface area contributed by atoms with E-state index < -0.39 is 6.10 Å². The van der Waals surface area contributed by atoms with Crippen molar-refractivity contribution in [1.82, 2.24) is 0 Å². The number of aliphatic hydroxyl groups excluding tert-OH is 2. The van der Waals surface area contributed by atoms with E-state index in [1.807, 2.05) is 6.92 Å². The minimum absolute atomic E-state index is 0.259. The van der Waals surface area contributed by atoms with Gasteiger partial charge >= 0.3 is 5.97 Å². The van der Waals surface area contributed by atoms with Crippen LogP contribution in [0.1, 0.15) is 15.9 Å². The average Bonchev–Trinajstić information content (AvgIpc) is 2.35. The van der Waals surface area contributed by atoms with Crippen molar-refractivity contribution in [2.75, 3.05) is 25.6 Å². The standard InChI is InChI=1S/C12H17NO4/c1-8-5-9(12(16)17-2)3-4-11(8)13-6-10(15)7-14/h3-5,10,13-15H,6-7H2,1-2H3. The van der Waals surface area contributed by atoms with E-state index in [0.717, 1.165) is 11.3 Å². The Morgan fingerprint density at radius 1 is 1.53 bits per heavy atom. The number of methoxy groups -OCH3 is 1. The SMILES string of the molecule is COC(=O)c1ccc(NCC(O)CO)c(C)c1. The van der Waals surface area contributed by atoms with Gasteiger partial charge < -0.3 is 20.3 Å². The number of aryl methyl sites for hydroxylation is 1. The van der Waals surface area contributed by atoms with Crippen LogP contribution in [0.5, 0.6) is 0 Å². The Labute approximate surface area is 100 Å². The highest BCUT2D eigenvalue weighted by atomic mass is 16.5. The van der Waals surface area contributed by atoms with E-state index in [-0.39, 0.29) is 19.1 Å². The van der Waals surface area contributed by atoms with Crippen molar-refractivity contribution < 1.29 is 19.7 Å². The molecule has 0 bridgehead atoms. The average molecular weight is 239 g/mol. The zero-order valence-corrected chi connectivity index (χ0v) is 9.93. The Bertz CT molecular complexity index is 392. The summed E-state index contributed by atoms with van der Waals surface area (Å²) in [5.41, 5.74) is 2.17. The van der Waals surface area contributed by atoms with Crippen LogP contribution < -0.4 is 5.32 Å². The summed E-state index contributed by atoms with van der Waals surface area (Å²) >= 11 is 0. The van der Waals surface area contributed by atoms with Gasteiger partial charge in [0.2, 0.25) is 0 Å². The second kappa shape index (κ2) is 6.22. The van der Waals surface area contributed by atoms with Crippen molar-refractivity contribution in [3.05, 3.63) is 29.3 Å². The van der Waals surface area contributed by atoms with Crippen LogP contribution in [0, 0.1) is 6.92 Å². The number of hydrogen-bond donors (Lipinski definition) is 3. The third kappa shape index (κ3) is 3.72. The molecule has 0 saturated heterocycles. The molecule has 1 unspecified atom stereocenters. The minimum Gasteiger partial charge on any atom is -0.465 e. The normalized spacial score (nSPS) is 12.0. The number of aliphatic hydroxyl groups is 2. The maximum absolute atomic E-state index is 11.3. The predicted molar refractivity (Wildman–Crippen MR) is 64.1 cm³/mol. The second-order valence-corrected chi connectivity index (χ2v) is 3.74. The Morgan fingerprint density at radius 3 is 2.76 bits per heavy atom. The lowest BCUT2D eigenvalue weighted by atomic mass is 10.1. The molecule has 0 spiro atoms. The Balaban J connectivity index is 2.73. The quantitative estimate of drug-likeness (QED) is 0.654. The summed E-state index contributed by atoms with van der Waals surface area (Å²) in [7, 11) is 1.33. The highest BCUT2D eigenvalue weighted by Crippen LogP contribution is 2.17. The molecule has 0 radical (unpaired) electrons. The highest BCUT2D eigenvalue weighted by Gasteiger charge is 2.08. The van der Waals surface area contributed by atoms with Crippen LogP contribution in [-0.2, 0) is 4.74 Å². The van der Waals surface area contributed by atoms with Gasteiger partial charge in [-0.05, 0) is 30.7 Å². The van der Waals surface area contributed by atoms with Gasteiger partial charge in [-0.15, -0.1) is 0 Å². The number of ether oxygens (including phenoxy) is 1. The third-order valence-electron chi connectivity index (χ3n) is 2.39. The Hall–Kier alpha value is -1.59. The molecule has 0 amide bonds. The van der Waals surface area contributed by atoms with Crippen LogP contribution in [0.4, 0.5) is 5.69 Å². The maximum Gasteiger partial charge on any atom is 0.337 e. The second-order valence-electron chi connectivity index (χ2n) is 3.74. The van der Waals surface area contributed by atoms with Crippen LogP contribution in [0.15, 0.2) is 18.2 Å². The van der Waals surface area contributed by atoms with Gasteiger partial charge in [-0.1, -0.05) is 0 Å². The molecule has 0 aliphatic heterocycles. The van der Waals surface area contributed by atoms with Crippen LogP contribution in [0.3, 0.4) is 0 Å². The first-order valence-corrected chi connectivity index (χ1v) is 5.30. The fraction of sp³-hybridized carbons (Fsp3) is 0.417. The molecule has 0 saturated carbocycles.